The topological polar surface area (TPSA) is 95.2 Å². The molecular formula is C18H21FN2O4. The van der Waals surface area contributed by atoms with Gasteiger partial charge in [0.25, 0.3) is 5.56 Å². The van der Waals surface area contributed by atoms with Crippen molar-refractivity contribution in [2.24, 2.45) is 5.92 Å². The summed E-state index contributed by atoms with van der Waals surface area (Å²) >= 11 is 0. The van der Waals surface area contributed by atoms with Crippen LogP contribution in [0.3, 0.4) is 0 Å². The fourth-order valence-electron chi connectivity index (χ4n) is 3.62. The van der Waals surface area contributed by atoms with E-state index in [1.807, 2.05) is 0 Å². The van der Waals surface area contributed by atoms with Crippen molar-refractivity contribution >= 4 is 5.97 Å². The maximum atomic E-state index is 13.8. The van der Waals surface area contributed by atoms with Gasteiger partial charge < -0.3 is 14.9 Å². The number of benzene rings is 1. The number of ether oxygens (including phenoxy) is 1. The molecule has 1 heterocycles. The molecule has 2 aromatic rings. The van der Waals surface area contributed by atoms with Gasteiger partial charge in [-0.25, -0.2) is 4.39 Å². The number of hydrogen-bond donors (Lipinski definition) is 3. The molecule has 0 saturated carbocycles. The number of nitrogens with one attached hydrogen (secondary N) is 2. The Kier molecular flexibility index (Phi) is 4.28. The molecule has 0 bridgehead atoms. The molecule has 0 aliphatic heterocycles. The largest absolute Gasteiger partial charge is 0.463 e. The summed E-state index contributed by atoms with van der Waals surface area (Å²) in [6.07, 6.45) is -0.285. The lowest BCUT2D eigenvalue weighted by Gasteiger charge is -2.40. The molecule has 0 radical (unpaired) electrons. The SMILES string of the molecule is CC(C)OC(=O)[C@@H]1[C@H](c2cccc(F)c2)c2c([nH][nH]c2=O)C[C@]1(C)O. The molecule has 0 amide bonds. The van der Waals surface area contributed by atoms with Gasteiger partial charge in [-0.3, -0.25) is 14.7 Å². The lowest BCUT2D eigenvalue weighted by atomic mass is 9.66. The second-order valence-corrected chi connectivity index (χ2v) is 7.00. The normalized spacial score (nSPS) is 25.7. The number of aliphatic hydroxyl groups is 1. The first kappa shape index (κ1) is 17.4. The van der Waals surface area contributed by atoms with E-state index in [0.29, 0.717) is 16.8 Å². The molecule has 1 aliphatic rings. The van der Waals surface area contributed by atoms with Crippen molar-refractivity contribution in [3.63, 3.8) is 0 Å². The fourth-order valence-corrected chi connectivity index (χ4v) is 3.62. The second-order valence-electron chi connectivity index (χ2n) is 7.00. The third kappa shape index (κ3) is 3.11. The molecule has 0 spiro atoms. The van der Waals surface area contributed by atoms with Gasteiger partial charge in [-0.1, -0.05) is 12.1 Å². The molecule has 3 rings (SSSR count). The number of H-pyrrole nitrogens is 2. The molecule has 7 heteroatoms. The van der Waals surface area contributed by atoms with Crippen LogP contribution in [0.15, 0.2) is 29.1 Å². The van der Waals surface area contributed by atoms with Gasteiger partial charge in [-0.05, 0) is 38.5 Å². The van der Waals surface area contributed by atoms with Crippen LogP contribution in [0.4, 0.5) is 4.39 Å². The molecule has 0 unspecified atom stereocenters. The second kappa shape index (κ2) is 6.15. The minimum atomic E-state index is -1.46. The third-order valence-corrected chi connectivity index (χ3v) is 4.56. The zero-order valence-electron chi connectivity index (χ0n) is 14.3. The van der Waals surface area contributed by atoms with Crippen LogP contribution in [0.2, 0.25) is 0 Å². The van der Waals surface area contributed by atoms with Gasteiger partial charge in [0, 0.05) is 23.6 Å². The van der Waals surface area contributed by atoms with Crippen LogP contribution in [-0.4, -0.2) is 33.0 Å². The number of aromatic amines is 2. The van der Waals surface area contributed by atoms with E-state index in [4.69, 9.17) is 4.74 Å². The summed E-state index contributed by atoms with van der Waals surface area (Å²) < 4.78 is 19.1. The Morgan fingerprint density at radius 3 is 2.76 bits per heavy atom. The molecule has 0 saturated heterocycles. The number of carbonyl (C=O) groups is 1. The predicted octanol–water partition coefficient (Wildman–Crippen LogP) is 1.85. The first-order valence-electron chi connectivity index (χ1n) is 8.18. The van der Waals surface area contributed by atoms with Gasteiger partial charge in [0.1, 0.15) is 5.82 Å². The van der Waals surface area contributed by atoms with E-state index in [2.05, 4.69) is 10.2 Å². The van der Waals surface area contributed by atoms with Gasteiger partial charge in [-0.2, -0.15) is 0 Å². The van der Waals surface area contributed by atoms with Gasteiger partial charge >= 0.3 is 5.97 Å². The molecule has 3 atom stereocenters. The highest BCUT2D eigenvalue weighted by Gasteiger charge is 2.51. The van der Waals surface area contributed by atoms with Gasteiger partial charge in [0.05, 0.1) is 17.6 Å². The van der Waals surface area contributed by atoms with E-state index in [-0.39, 0.29) is 18.1 Å². The highest BCUT2D eigenvalue weighted by molar-refractivity contribution is 5.77. The predicted molar refractivity (Wildman–Crippen MR) is 88.7 cm³/mol. The van der Waals surface area contributed by atoms with E-state index >= 15 is 0 Å². The Hall–Kier alpha value is -2.41. The number of fused-ring (bicyclic) bond motifs is 1. The Bertz CT molecular complexity index is 853. The lowest BCUT2D eigenvalue weighted by molar-refractivity contribution is -0.163. The number of rotatable bonds is 3. The first-order chi connectivity index (χ1) is 11.7. The van der Waals surface area contributed by atoms with Crippen molar-refractivity contribution in [2.75, 3.05) is 0 Å². The minimum Gasteiger partial charge on any atom is -0.463 e. The standard InChI is InChI=1S/C18H21FN2O4/c1-9(2)25-17(23)15-13(10-5-4-6-11(19)7-10)14-12(8-18(15,3)24)20-21-16(14)22/h4-7,9,13,15,24H,8H2,1-3H3,(H2,20,21,22)/t13-,15+,18+/m1/s1. The summed E-state index contributed by atoms with van der Waals surface area (Å²) in [5, 5.41) is 16.2. The summed E-state index contributed by atoms with van der Waals surface area (Å²) in [6.45, 7) is 4.95. The number of esters is 1. The van der Waals surface area contributed by atoms with Gasteiger partial charge in [0.15, 0.2) is 0 Å². The van der Waals surface area contributed by atoms with Crippen molar-refractivity contribution in [1.29, 1.82) is 0 Å². The zero-order valence-corrected chi connectivity index (χ0v) is 14.3. The van der Waals surface area contributed by atoms with Crippen molar-refractivity contribution < 1.29 is 19.0 Å². The summed E-state index contributed by atoms with van der Waals surface area (Å²) in [6, 6.07) is 5.71. The lowest BCUT2D eigenvalue weighted by Crippen LogP contribution is -2.50. The Balaban J connectivity index is 2.20. The fraction of sp³-hybridized carbons (Fsp3) is 0.444. The van der Waals surface area contributed by atoms with Crippen LogP contribution >= 0.6 is 0 Å². The molecule has 134 valence electrons. The van der Waals surface area contributed by atoms with E-state index in [0.717, 1.165) is 0 Å². The van der Waals surface area contributed by atoms with E-state index in [1.165, 1.54) is 25.1 Å². The molecule has 0 fully saturated rings. The number of aromatic nitrogens is 2. The van der Waals surface area contributed by atoms with Crippen molar-refractivity contribution in [1.82, 2.24) is 10.2 Å². The van der Waals surface area contributed by atoms with Crippen LogP contribution in [-0.2, 0) is 16.0 Å². The number of hydrogen-bond acceptors (Lipinski definition) is 4. The summed E-state index contributed by atoms with van der Waals surface area (Å²) in [4.78, 5) is 25.1. The van der Waals surface area contributed by atoms with Crippen molar-refractivity contribution in [2.45, 2.75) is 44.8 Å². The molecule has 1 aromatic carbocycles. The third-order valence-electron chi connectivity index (χ3n) is 4.56. The Labute approximate surface area is 144 Å². The Morgan fingerprint density at radius 1 is 1.40 bits per heavy atom. The number of halogens is 1. The van der Waals surface area contributed by atoms with Gasteiger partial charge in [0.2, 0.25) is 0 Å². The van der Waals surface area contributed by atoms with Gasteiger partial charge in [-0.15, -0.1) is 0 Å². The molecule has 1 aliphatic carbocycles. The van der Waals surface area contributed by atoms with E-state index in [9.17, 15) is 19.1 Å². The van der Waals surface area contributed by atoms with Crippen molar-refractivity contribution in [3.05, 3.63) is 57.3 Å². The van der Waals surface area contributed by atoms with Crippen molar-refractivity contribution in [3.8, 4) is 0 Å². The van der Waals surface area contributed by atoms with Crippen LogP contribution in [0.25, 0.3) is 0 Å². The highest BCUT2D eigenvalue weighted by atomic mass is 19.1. The molecule has 3 N–H and O–H groups in total. The molecule has 25 heavy (non-hydrogen) atoms. The average molecular weight is 348 g/mol. The van der Waals surface area contributed by atoms with E-state index in [1.54, 1.807) is 19.9 Å². The van der Waals surface area contributed by atoms with Crippen LogP contribution in [0, 0.1) is 11.7 Å². The molecule has 1 aromatic heterocycles. The van der Waals surface area contributed by atoms with Crippen LogP contribution in [0.1, 0.15) is 43.5 Å². The zero-order chi connectivity index (χ0) is 18.4. The highest BCUT2D eigenvalue weighted by Crippen LogP contribution is 2.44. The minimum absolute atomic E-state index is 0.0880. The molecular weight excluding hydrogens is 327 g/mol. The monoisotopic (exact) mass is 348 g/mol. The quantitative estimate of drug-likeness (QED) is 0.738. The molecule has 6 nitrogen and oxygen atoms in total. The number of carbonyl (C=O) groups excluding carboxylic acids is 1. The Morgan fingerprint density at radius 2 is 2.12 bits per heavy atom. The summed E-state index contributed by atoms with van der Waals surface area (Å²) in [5.41, 5.74) is -0.555. The smallest absolute Gasteiger partial charge is 0.313 e. The van der Waals surface area contributed by atoms with Crippen LogP contribution < -0.4 is 5.56 Å². The van der Waals surface area contributed by atoms with E-state index < -0.39 is 29.2 Å². The maximum absolute atomic E-state index is 13.8. The first-order valence-corrected chi connectivity index (χ1v) is 8.18. The summed E-state index contributed by atoms with van der Waals surface area (Å²) in [5.74, 6) is -2.93. The maximum Gasteiger partial charge on any atom is 0.313 e. The summed E-state index contributed by atoms with van der Waals surface area (Å²) in [7, 11) is 0. The van der Waals surface area contributed by atoms with Crippen LogP contribution in [0.5, 0.6) is 0 Å². The average Bonchev–Trinajstić information content (AvgIpc) is 2.84.